The van der Waals surface area contributed by atoms with Gasteiger partial charge in [0.15, 0.2) is 6.10 Å². The second-order valence-electron chi connectivity index (χ2n) is 7.83. The summed E-state index contributed by atoms with van der Waals surface area (Å²) < 4.78 is 38.9. The zero-order valence-electron chi connectivity index (χ0n) is 17.5. The molecule has 1 unspecified atom stereocenters. The number of hydrogen-bond acceptors (Lipinski definition) is 5. The Morgan fingerprint density at radius 2 is 1.70 bits per heavy atom. The number of hydrogen-bond donors (Lipinski definition) is 2. The van der Waals surface area contributed by atoms with Gasteiger partial charge < -0.3 is 24.8 Å². The molecule has 0 aromatic heterocycles. The van der Waals surface area contributed by atoms with Crippen LogP contribution in [0.2, 0.25) is 0 Å². The molecule has 1 aliphatic heterocycles. The summed E-state index contributed by atoms with van der Waals surface area (Å²) in [6, 6.07) is 15.4. The van der Waals surface area contributed by atoms with Gasteiger partial charge in [-0.25, -0.2) is 9.59 Å². The van der Waals surface area contributed by atoms with Gasteiger partial charge in [-0.05, 0) is 22.3 Å². The molecule has 1 saturated heterocycles. The van der Waals surface area contributed by atoms with E-state index in [1.165, 1.54) is 0 Å². The number of morpholine rings is 1. The van der Waals surface area contributed by atoms with Crippen molar-refractivity contribution in [3.8, 4) is 11.1 Å². The molecule has 174 valence electrons. The lowest BCUT2D eigenvalue weighted by Gasteiger charge is -2.33. The molecule has 2 aliphatic rings. The standard InChI is InChI=1S/C23H22F2N2O6/c24-23(25,21(30)27-9-10-32-19(11-27)20(28)29)13-26-22(31)33-12-18-16-7-3-1-5-14(16)15-6-2-4-8-17(15)18/h1-8,18-19H,9-13H2,(H,26,31)(H,28,29). The van der Waals surface area contributed by atoms with Crippen LogP contribution in [0, 0.1) is 0 Å². The quantitative estimate of drug-likeness (QED) is 0.686. The first-order valence-electron chi connectivity index (χ1n) is 10.4. The van der Waals surface area contributed by atoms with Crippen LogP contribution in [0.3, 0.4) is 0 Å². The highest BCUT2D eigenvalue weighted by atomic mass is 19.3. The number of benzene rings is 2. The SMILES string of the molecule is O=C(NCC(F)(F)C(=O)N1CCOC(C(=O)O)C1)OCC1c2ccccc2-c2ccccc21. The minimum absolute atomic E-state index is 0.0524. The summed E-state index contributed by atoms with van der Waals surface area (Å²) in [4.78, 5) is 36.0. The van der Waals surface area contributed by atoms with Crippen molar-refractivity contribution in [2.24, 2.45) is 0 Å². The second kappa shape index (κ2) is 9.14. The molecule has 1 heterocycles. The molecule has 1 aliphatic carbocycles. The normalized spacial score (nSPS) is 17.8. The molecular weight excluding hydrogens is 438 g/mol. The maximum absolute atomic E-state index is 14.4. The van der Waals surface area contributed by atoms with Crippen LogP contribution >= 0.6 is 0 Å². The molecule has 2 N–H and O–H groups in total. The Labute approximate surface area is 188 Å². The van der Waals surface area contributed by atoms with Crippen molar-refractivity contribution in [2.45, 2.75) is 17.9 Å². The molecule has 33 heavy (non-hydrogen) atoms. The summed E-state index contributed by atoms with van der Waals surface area (Å²) in [7, 11) is 0. The third kappa shape index (κ3) is 4.65. The summed E-state index contributed by atoms with van der Waals surface area (Å²) in [5.74, 6) is -7.07. The Morgan fingerprint density at radius 1 is 1.09 bits per heavy atom. The number of amides is 2. The summed E-state index contributed by atoms with van der Waals surface area (Å²) in [6.07, 6.45) is -2.44. The molecule has 2 aromatic carbocycles. The zero-order chi connectivity index (χ0) is 23.6. The first-order chi connectivity index (χ1) is 15.8. The number of carbonyl (C=O) groups is 3. The van der Waals surface area contributed by atoms with Crippen LogP contribution in [0.4, 0.5) is 13.6 Å². The van der Waals surface area contributed by atoms with Gasteiger partial charge in [-0.1, -0.05) is 48.5 Å². The number of aliphatic carboxylic acids is 1. The molecule has 10 heteroatoms. The second-order valence-corrected chi connectivity index (χ2v) is 7.83. The van der Waals surface area contributed by atoms with E-state index in [1.54, 1.807) is 0 Å². The van der Waals surface area contributed by atoms with Gasteiger partial charge in [-0.15, -0.1) is 0 Å². The molecule has 0 radical (unpaired) electrons. The Balaban J connectivity index is 1.33. The first-order valence-corrected chi connectivity index (χ1v) is 10.4. The van der Waals surface area contributed by atoms with Crippen LogP contribution in [0.1, 0.15) is 17.0 Å². The van der Waals surface area contributed by atoms with Crippen molar-refractivity contribution in [1.82, 2.24) is 10.2 Å². The number of halogens is 2. The van der Waals surface area contributed by atoms with Gasteiger partial charge in [0.25, 0.3) is 5.91 Å². The van der Waals surface area contributed by atoms with E-state index in [0.717, 1.165) is 27.2 Å². The van der Waals surface area contributed by atoms with E-state index in [0.29, 0.717) is 0 Å². The minimum Gasteiger partial charge on any atom is -0.479 e. The third-order valence-electron chi connectivity index (χ3n) is 5.74. The van der Waals surface area contributed by atoms with Crippen molar-refractivity contribution in [1.29, 1.82) is 0 Å². The van der Waals surface area contributed by atoms with E-state index in [-0.39, 0.29) is 25.7 Å². The van der Waals surface area contributed by atoms with Gasteiger partial charge in [-0.2, -0.15) is 8.78 Å². The Bertz CT molecular complexity index is 1030. The van der Waals surface area contributed by atoms with Crippen LogP contribution in [0.25, 0.3) is 11.1 Å². The largest absolute Gasteiger partial charge is 0.479 e. The molecule has 2 aromatic rings. The maximum atomic E-state index is 14.4. The number of fused-ring (bicyclic) bond motifs is 3. The topological polar surface area (TPSA) is 105 Å². The molecular formula is C23H22F2N2O6. The summed E-state index contributed by atoms with van der Waals surface area (Å²) in [6.45, 7) is -2.14. The molecule has 4 rings (SSSR count). The lowest BCUT2D eigenvalue weighted by atomic mass is 9.98. The third-order valence-corrected chi connectivity index (χ3v) is 5.74. The molecule has 2 amide bonds. The van der Waals surface area contributed by atoms with Crippen LogP contribution in [0.5, 0.6) is 0 Å². The number of ether oxygens (including phenoxy) is 2. The summed E-state index contributed by atoms with van der Waals surface area (Å²) >= 11 is 0. The Kier molecular flexibility index (Phi) is 6.28. The average molecular weight is 460 g/mol. The number of alkyl halides is 2. The lowest BCUT2D eigenvalue weighted by Crippen LogP contribution is -2.56. The van der Waals surface area contributed by atoms with Gasteiger partial charge in [0.1, 0.15) is 6.61 Å². The van der Waals surface area contributed by atoms with Gasteiger partial charge >= 0.3 is 18.0 Å². The van der Waals surface area contributed by atoms with E-state index in [4.69, 9.17) is 14.6 Å². The minimum atomic E-state index is -3.92. The molecule has 0 bridgehead atoms. The van der Waals surface area contributed by atoms with Crippen LogP contribution in [0.15, 0.2) is 48.5 Å². The highest BCUT2D eigenvalue weighted by molar-refractivity contribution is 5.85. The van der Waals surface area contributed by atoms with Crippen molar-refractivity contribution < 1.29 is 37.7 Å². The number of alkyl carbamates (subject to hydrolysis) is 1. The average Bonchev–Trinajstić information content (AvgIpc) is 3.15. The van der Waals surface area contributed by atoms with Crippen LogP contribution in [-0.4, -0.2) is 72.9 Å². The van der Waals surface area contributed by atoms with Gasteiger partial charge in [0, 0.05) is 12.5 Å². The fraction of sp³-hybridized carbons (Fsp3) is 0.348. The highest BCUT2D eigenvalue weighted by Gasteiger charge is 2.44. The zero-order valence-corrected chi connectivity index (χ0v) is 17.5. The van der Waals surface area contributed by atoms with Gasteiger partial charge in [-0.3, -0.25) is 4.79 Å². The Hall–Kier alpha value is -3.53. The van der Waals surface area contributed by atoms with E-state index < -0.39 is 43.1 Å². The lowest BCUT2D eigenvalue weighted by molar-refractivity contribution is -0.170. The monoisotopic (exact) mass is 460 g/mol. The number of carboxylic acids is 1. The van der Waals surface area contributed by atoms with E-state index in [1.807, 2.05) is 53.8 Å². The van der Waals surface area contributed by atoms with Crippen molar-refractivity contribution in [2.75, 3.05) is 32.8 Å². The fourth-order valence-corrected chi connectivity index (χ4v) is 4.12. The van der Waals surface area contributed by atoms with E-state index in [2.05, 4.69) is 0 Å². The molecule has 1 fully saturated rings. The number of rotatable bonds is 6. The fourth-order valence-electron chi connectivity index (χ4n) is 4.12. The predicted octanol–water partition coefficient (Wildman–Crippen LogP) is 2.47. The number of carboxylic acid groups (broad SMARTS) is 1. The van der Waals surface area contributed by atoms with Gasteiger partial charge in [0.05, 0.1) is 19.7 Å². The smallest absolute Gasteiger partial charge is 0.407 e. The Morgan fingerprint density at radius 3 is 2.30 bits per heavy atom. The molecule has 0 saturated carbocycles. The predicted molar refractivity (Wildman–Crippen MR) is 112 cm³/mol. The molecule has 8 nitrogen and oxygen atoms in total. The van der Waals surface area contributed by atoms with Gasteiger partial charge in [0.2, 0.25) is 0 Å². The van der Waals surface area contributed by atoms with Crippen LogP contribution < -0.4 is 5.32 Å². The molecule has 1 atom stereocenters. The van der Waals surface area contributed by atoms with E-state index in [9.17, 15) is 23.2 Å². The van der Waals surface area contributed by atoms with E-state index >= 15 is 0 Å². The maximum Gasteiger partial charge on any atom is 0.407 e. The number of nitrogens with zero attached hydrogens (tertiary/aromatic N) is 1. The number of nitrogens with one attached hydrogen (secondary N) is 1. The summed E-state index contributed by atoms with van der Waals surface area (Å²) in [5, 5.41) is 10.9. The van der Waals surface area contributed by atoms with Crippen LogP contribution in [-0.2, 0) is 19.1 Å². The molecule has 0 spiro atoms. The first kappa shape index (κ1) is 22.7. The summed E-state index contributed by atoms with van der Waals surface area (Å²) in [5.41, 5.74) is 4.02. The van der Waals surface area contributed by atoms with Crippen molar-refractivity contribution in [3.05, 3.63) is 59.7 Å². The number of carbonyl (C=O) groups excluding carboxylic acids is 2. The van der Waals surface area contributed by atoms with Crippen molar-refractivity contribution >= 4 is 18.0 Å². The highest BCUT2D eigenvalue weighted by Crippen LogP contribution is 2.44. The van der Waals surface area contributed by atoms with Crippen molar-refractivity contribution in [3.63, 3.8) is 0 Å².